The van der Waals surface area contributed by atoms with Crippen LogP contribution in [-0.2, 0) is 0 Å². The summed E-state index contributed by atoms with van der Waals surface area (Å²) < 4.78 is 47.3. The van der Waals surface area contributed by atoms with E-state index in [1.165, 1.54) is 29.5 Å². The molecule has 6 nitrogen and oxygen atoms in total. The molecule has 166 valence electrons. The minimum absolute atomic E-state index is 0.0179. The monoisotopic (exact) mass is 468 g/mol. The molecule has 1 aliphatic heterocycles. The molecule has 0 spiro atoms. The molecule has 0 fully saturated rings. The second-order valence-corrected chi connectivity index (χ2v) is 8.25. The minimum Gasteiger partial charge on any atom is -0.334 e. The molecule has 2 amide bonds. The molecule has 0 bridgehead atoms. The zero-order valence-corrected chi connectivity index (χ0v) is 17.9. The van der Waals surface area contributed by atoms with Crippen LogP contribution in [0.15, 0.2) is 70.2 Å². The molecule has 0 aliphatic carbocycles. The topological polar surface area (TPSA) is 71.3 Å². The lowest BCUT2D eigenvalue weighted by Gasteiger charge is -2.35. The molecular weight excluding hydrogens is 453 g/mol. The number of thiophene rings is 1. The van der Waals surface area contributed by atoms with Crippen molar-refractivity contribution in [1.82, 2.24) is 15.5 Å². The summed E-state index contributed by atoms with van der Waals surface area (Å²) in [5.74, 6) is -1.72. The number of carbonyl (C=O) groups excluding carboxylic acids is 1. The maximum atomic E-state index is 14.0. The number of aromatic nitrogens is 2. The van der Waals surface area contributed by atoms with Crippen LogP contribution in [0.1, 0.15) is 24.4 Å². The Bertz CT molecular complexity index is 1360. The van der Waals surface area contributed by atoms with Gasteiger partial charge in [-0.2, -0.15) is 4.98 Å². The van der Waals surface area contributed by atoms with Crippen LogP contribution in [0.5, 0.6) is 0 Å². The largest absolute Gasteiger partial charge is 0.334 e. The highest BCUT2D eigenvalue weighted by Crippen LogP contribution is 2.39. The zero-order chi connectivity index (χ0) is 23.1. The van der Waals surface area contributed by atoms with E-state index < -0.39 is 29.5 Å². The van der Waals surface area contributed by atoms with Gasteiger partial charge in [-0.1, -0.05) is 23.4 Å². The molecule has 1 unspecified atom stereocenters. The van der Waals surface area contributed by atoms with Gasteiger partial charge in [0.1, 0.15) is 17.5 Å². The molecule has 1 atom stereocenters. The van der Waals surface area contributed by atoms with Gasteiger partial charge in [-0.25, -0.2) is 18.0 Å². The Morgan fingerprint density at radius 1 is 1.03 bits per heavy atom. The quantitative estimate of drug-likeness (QED) is 0.404. The van der Waals surface area contributed by atoms with E-state index in [9.17, 15) is 18.0 Å². The van der Waals surface area contributed by atoms with Crippen molar-refractivity contribution in [3.63, 3.8) is 0 Å². The first-order valence-electron chi connectivity index (χ1n) is 9.81. The predicted molar refractivity (Wildman–Crippen MR) is 117 cm³/mol. The number of nitrogens with zero attached hydrogens (tertiary/aromatic N) is 3. The van der Waals surface area contributed by atoms with Crippen molar-refractivity contribution in [1.29, 1.82) is 0 Å². The minimum atomic E-state index is -0.836. The lowest BCUT2D eigenvalue weighted by Crippen LogP contribution is -2.46. The van der Waals surface area contributed by atoms with Crippen LogP contribution in [-0.4, -0.2) is 16.2 Å². The van der Waals surface area contributed by atoms with Crippen molar-refractivity contribution in [3.05, 3.63) is 94.6 Å². The van der Waals surface area contributed by atoms with Crippen molar-refractivity contribution >= 4 is 28.6 Å². The van der Waals surface area contributed by atoms with Crippen LogP contribution in [0.3, 0.4) is 0 Å². The summed E-state index contributed by atoms with van der Waals surface area (Å²) >= 11 is 1.42. The van der Waals surface area contributed by atoms with Crippen molar-refractivity contribution in [2.24, 2.45) is 0 Å². The van der Waals surface area contributed by atoms with E-state index in [0.29, 0.717) is 28.7 Å². The van der Waals surface area contributed by atoms with E-state index in [-0.39, 0.29) is 11.6 Å². The number of benzene rings is 2. The first-order chi connectivity index (χ1) is 15.9. The molecule has 0 radical (unpaired) electrons. The van der Waals surface area contributed by atoms with Crippen LogP contribution in [0.2, 0.25) is 0 Å². The number of carbonyl (C=O) groups is 1. The summed E-state index contributed by atoms with van der Waals surface area (Å²) in [6.45, 7) is 1.60. The van der Waals surface area contributed by atoms with Gasteiger partial charge in [-0.3, -0.25) is 4.90 Å². The predicted octanol–water partition coefficient (Wildman–Crippen LogP) is 5.92. The van der Waals surface area contributed by atoms with Crippen molar-refractivity contribution in [3.8, 4) is 10.7 Å². The second kappa shape index (κ2) is 8.21. The van der Waals surface area contributed by atoms with E-state index in [4.69, 9.17) is 4.52 Å². The van der Waals surface area contributed by atoms with E-state index in [1.54, 1.807) is 13.0 Å². The summed E-state index contributed by atoms with van der Waals surface area (Å²) in [6.07, 6.45) is 0. The standard InChI is InChI=1S/C23H15F3N4O2S/c1-12-19(22-28-21(29-32-22)18-6-3-7-33-18)20(13-4-2-5-14(24)8-13)27-23(31)30(12)17-10-15(25)9-16(26)11-17/h2-11,20H,1H3,(H,27,31). The Morgan fingerprint density at radius 2 is 1.82 bits per heavy atom. The Labute approximate surface area is 190 Å². The van der Waals surface area contributed by atoms with E-state index in [2.05, 4.69) is 15.5 Å². The maximum absolute atomic E-state index is 14.0. The molecule has 1 N–H and O–H groups in total. The molecule has 2 aromatic heterocycles. The highest BCUT2D eigenvalue weighted by molar-refractivity contribution is 7.13. The smallest absolute Gasteiger partial charge is 0.327 e. The Kier molecular flexibility index (Phi) is 5.21. The number of amides is 2. The van der Waals surface area contributed by atoms with Gasteiger partial charge >= 0.3 is 6.03 Å². The number of halogens is 3. The Morgan fingerprint density at radius 3 is 2.52 bits per heavy atom. The summed E-state index contributed by atoms with van der Waals surface area (Å²) in [6, 6.07) is 10.7. The lowest BCUT2D eigenvalue weighted by molar-refractivity contribution is 0.244. The summed E-state index contributed by atoms with van der Waals surface area (Å²) in [5.41, 5.74) is 1.11. The first kappa shape index (κ1) is 21.0. The molecule has 0 saturated heterocycles. The first-order valence-corrected chi connectivity index (χ1v) is 10.7. The van der Waals surface area contributed by atoms with Crippen molar-refractivity contribution in [2.75, 3.05) is 4.90 Å². The number of rotatable bonds is 4. The molecular formula is C23H15F3N4O2S. The molecule has 4 aromatic rings. The van der Waals surface area contributed by atoms with Gasteiger partial charge in [0.25, 0.3) is 5.89 Å². The lowest BCUT2D eigenvalue weighted by atomic mass is 9.94. The van der Waals surface area contributed by atoms with Crippen LogP contribution < -0.4 is 10.2 Å². The number of allylic oxidation sites excluding steroid dienone is 1. The number of anilines is 1. The molecule has 1 aliphatic rings. The normalized spacial score (nSPS) is 16.3. The number of hydrogen-bond donors (Lipinski definition) is 1. The van der Waals surface area contributed by atoms with Crippen molar-refractivity contribution in [2.45, 2.75) is 13.0 Å². The summed E-state index contributed by atoms with van der Waals surface area (Å²) in [5, 5.41) is 8.65. The summed E-state index contributed by atoms with van der Waals surface area (Å²) in [7, 11) is 0. The summed E-state index contributed by atoms with van der Waals surface area (Å²) in [4.78, 5) is 19.4. The van der Waals surface area contributed by atoms with Crippen LogP contribution in [0.4, 0.5) is 23.7 Å². The highest BCUT2D eigenvalue weighted by Gasteiger charge is 2.37. The number of nitrogens with one attached hydrogen (secondary N) is 1. The van der Waals surface area contributed by atoms with Gasteiger partial charge in [-0.05, 0) is 48.2 Å². The SMILES string of the molecule is CC1=C(c2nc(-c3cccs3)no2)C(c2cccc(F)c2)NC(=O)N1c1cc(F)cc(F)c1. The molecule has 3 heterocycles. The van der Waals surface area contributed by atoms with Gasteiger partial charge < -0.3 is 9.84 Å². The Hall–Kier alpha value is -3.92. The fraction of sp³-hybridized carbons (Fsp3) is 0.0870. The number of urea groups is 1. The third-order valence-corrected chi connectivity index (χ3v) is 6.04. The average molecular weight is 468 g/mol. The van der Waals surface area contributed by atoms with Crippen molar-refractivity contribution < 1.29 is 22.5 Å². The van der Waals surface area contributed by atoms with Gasteiger partial charge in [0, 0.05) is 11.8 Å². The average Bonchev–Trinajstić information content (AvgIpc) is 3.45. The van der Waals surface area contributed by atoms with E-state index in [0.717, 1.165) is 21.9 Å². The van der Waals surface area contributed by atoms with E-state index in [1.807, 2.05) is 17.5 Å². The fourth-order valence-corrected chi connectivity index (χ4v) is 4.42. The maximum Gasteiger partial charge on any atom is 0.327 e. The van der Waals surface area contributed by atoms with E-state index >= 15 is 0 Å². The molecule has 10 heteroatoms. The molecule has 33 heavy (non-hydrogen) atoms. The molecule has 0 saturated carbocycles. The van der Waals surface area contributed by atoms with Crippen LogP contribution >= 0.6 is 11.3 Å². The third-order valence-electron chi connectivity index (χ3n) is 5.17. The second-order valence-electron chi connectivity index (χ2n) is 7.30. The molecule has 5 rings (SSSR count). The zero-order valence-electron chi connectivity index (χ0n) is 17.1. The van der Waals surface area contributed by atoms with Gasteiger partial charge in [0.2, 0.25) is 5.82 Å². The van der Waals surface area contributed by atoms with Gasteiger partial charge in [-0.15, -0.1) is 11.3 Å². The van der Waals surface area contributed by atoms with Gasteiger partial charge in [0.05, 0.1) is 22.2 Å². The van der Waals surface area contributed by atoms with Gasteiger partial charge in [0.15, 0.2) is 0 Å². The molecule has 2 aromatic carbocycles. The van der Waals surface area contributed by atoms with Crippen LogP contribution in [0.25, 0.3) is 16.3 Å². The third kappa shape index (κ3) is 3.89. The number of hydrogen-bond acceptors (Lipinski definition) is 5. The highest BCUT2D eigenvalue weighted by atomic mass is 32.1. The fourth-order valence-electron chi connectivity index (χ4n) is 3.77. The van der Waals surface area contributed by atoms with Crippen LogP contribution in [0, 0.1) is 17.5 Å². The Balaban J connectivity index is 1.69.